The lowest BCUT2D eigenvalue weighted by molar-refractivity contribution is 0.660. The van der Waals surface area contributed by atoms with E-state index < -0.39 is 0 Å². The molecule has 2 aromatic heterocycles. The first-order chi connectivity index (χ1) is 9.85. The molecule has 0 spiro atoms. The molecule has 4 nitrogen and oxygen atoms in total. The van der Waals surface area contributed by atoms with Gasteiger partial charge in [-0.3, -0.25) is 0 Å². The van der Waals surface area contributed by atoms with E-state index in [9.17, 15) is 5.26 Å². The van der Waals surface area contributed by atoms with E-state index >= 15 is 0 Å². The Hall–Kier alpha value is -2.15. The van der Waals surface area contributed by atoms with Gasteiger partial charge in [0.2, 0.25) is 0 Å². The molecular formula is C16H16N4. The summed E-state index contributed by atoms with van der Waals surface area (Å²) in [6, 6.07) is 6.34. The van der Waals surface area contributed by atoms with E-state index in [-0.39, 0.29) is 0 Å². The molecule has 0 amide bonds. The predicted octanol–water partition coefficient (Wildman–Crippen LogP) is 2.90. The fourth-order valence-corrected chi connectivity index (χ4v) is 2.93. The number of nitriles is 1. The van der Waals surface area contributed by atoms with Gasteiger partial charge in [-0.2, -0.15) is 10.4 Å². The topological polar surface area (TPSA) is 54.5 Å². The van der Waals surface area contributed by atoms with Crippen molar-refractivity contribution in [1.82, 2.24) is 14.8 Å². The molecule has 20 heavy (non-hydrogen) atoms. The molecule has 0 saturated heterocycles. The lowest BCUT2D eigenvalue weighted by Crippen LogP contribution is -2.11. The molecule has 0 N–H and O–H groups in total. The van der Waals surface area contributed by atoms with Crippen LogP contribution in [0.3, 0.4) is 0 Å². The first-order valence-corrected chi connectivity index (χ1v) is 7.34. The van der Waals surface area contributed by atoms with Crippen molar-refractivity contribution in [2.75, 3.05) is 0 Å². The van der Waals surface area contributed by atoms with Crippen LogP contribution < -0.4 is 0 Å². The Morgan fingerprint density at radius 1 is 1.25 bits per heavy atom. The monoisotopic (exact) mass is 264 g/mol. The van der Waals surface area contributed by atoms with Gasteiger partial charge in [-0.15, -0.1) is 0 Å². The Kier molecular flexibility index (Phi) is 2.59. The van der Waals surface area contributed by atoms with Crippen LogP contribution in [0.1, 0.15) is 54.1 Å². The number of nitrogens with zero attached hydrogens (tertiary/aromatic N) is 4. The lowest BCUT2D eigenvalue weighted by atomic mass is 9.95. The summed E-state index contributed by atoms with van der Waals surface area (Å²) in [5, 5.41) is 14.0. The minimum absolute atomic E-state index is 0.624. The van der Waals surface area contributed by atoms with E-state index in [1.807, 2.05) is 12.3 Å². The van der Waals surface area contributed by atoms with Crippen molar-refractivity contribution in [3.8, 4) is 11.9 Å². The van der Waals surface area contributed by atoms with E-state index in [1.54, 1.807) is 4.68 Å². The molecular weight excluding hydrogens is 248 g/mol. The number of pyridine rings is 1. The molecule has 1 fully saturated rings. The van der Waals surface area contributed by atoms with Gasteiger partial charge in [0.05, 0.1) is 11.3 Å². The molecule has 0 unspecified atom stereocenters. The molecule has 0 atom stereocenters. The summed E-state index contributed by atoms with van der Waals surface area (Å²) in [6.07, 6.45) is 8.87. The number of hydrogen-bond donors (Lipinski definition) is 0. The molecule has 2 heterocycles. The summed E-state index contributed by atoms with van der Waals surface area (Å²) < 4.78 is 1.78. The maximum absolute atomic E-state index is 9.38. The lowest BCUT2D eigenvalue weighted by Gasteiger charge is -2.16. The maximum Gasteiger partial charge on any atom is 0.171 e. The van der Waals surface area contributed by atoms with Gasteiger partial charge in [-0.1, -0.05) is 0 Å². The van der Waals surface area contributed by atoms with Crippen LogP contribution in [0.4, 0.5) is 0 Å². The summed E-state index contributed by atoms with van der Waals surface area (Å²) in [7, 11) is 0. The van der Waals surface area contributed by atoms with Crippen molar-refractivity contribution < 1.29 is 0 Å². The summed E-state index contributed by atoms with van der Waals surface area (Å²) in [4.78, 5) is 4.73. The van der Waals surface area contributed by atoms with Gasteiger partial charge in [0, 0.05) is 17.8 Å². The average molecular weight is 264 g/mol. The van der Waals surface area contributed by atoms with Crippen LogP contribution in [-0.2, 0) is 12.8 Å². The van der Waals surface area contributed by atoms with Gasteiger partial charge in [-0.05, 0) is 56.2 Å². The molecule has 0 aromatic carbocycles. The smallest absolute Gasteiger partial charge is 0.171 e. The highest BCUT2D eigenvalue weighted by Gasteiger charge is 2.26. The Morgan fingerprint density at radius 2 is 2.10 bits per heavy atom. The van der Waals surface area contributed by atoms with Gasteiger partial charge in [-0.25, -0.2) is 9.67 Å². The third kappa shape index (κ3) is 1.90. The van der Waals surface area contributed by atoms with Crippen LogP contribution in [0, 0.1) is 11.3 Å². The average Bonchev–Trinajstić information content (AvgIpc) is 3.23. The van der Waals surface area contributed by atoms with Crippen LogP contribution in [0.15, 0.2) is 18.3 Å². The third-order valence-corrected chi connectivity index (χ3v) is 4.22. The zero-order valence-corrected chi connectivity index (χ0v) is 11.3. The molecule has 4 rings (SSSR count). The summed E-state index contributed by atoms with van der Waals surface area (Å²) in [5.74, 6) is 1.32. The van der Waals surface area contributed by atoms with Crippen LogP contribution in [-0.4, -0.2) is 14.8 Å². The highest BCUT2D eigenvalue weighted by atomic mass is 15.3. The van der Waals surface area contributed by atoms with Crippen molar-refractivity contribution in [2.24, 2.45) is 0 Å². The molecule has 4 heteroatoms. The van der Waals surface area contributed by atoms with Crippen LogP contribution in [0.25, 0.3) is 5.82 Å². The molecule has 0 bridgehead atoms. The Balaban J connectivity index is 1.80. The number of aryl methyl sites for hydroxylation is 2. The van der Waals surface area contributed by atoms with E-state index in [1.165, 1.54) is 31.2 Å². The van der Waals surface area contributed by atoms with Gasteiger partial charge in [0.25, 0.3) is 0 Å². The molecule has 1 saturated carbocycles. The number of rotatable bonds is 2. The van der Waals surface area contributed by atoms with E-state index in [2.05, 4.69) is 17.2 Å². The van der Waals surface area contributed by atoms with Gasteiger partial charge < -0.3 is 0 Å². The quantitative estimate of drug-likeness (QED) is 0.838. The van der Waals surface area contributed by atoms with E-state index in [0.29, 0.717) is 17.3 Å². The standard InChI is InChI=1S/C16H16N4/c17-10-13-9-12-3-1-2-4-14(12)18-16(13)20-8-7-15(19-20)11-5-6-11/h7-9,11H,1-6H2. The Morgan fingerprint density at radius 3 is 2.90 bits per heavy atom. The van der Waals surface area contributed by atoms with Crippen molar-refractivity contribution in [3.05, 3.63) is 40.8 Å². The summed E-state index contributed by atoms with van der Waals surface area (Å²) in [5.41, 5.74) is 4.16. The fourth-order valence-electron chi connectivity index (χ4n) is 2.93. The summed E-state index contributed by atoms with van der Waals surface area (Å²) in [6.45, 7) is 0. The van der Waals surface area contributed by atoms with Crippen molar-refractivity contribution in [1.29, 1.82) is 5.26 Å². The van der Waals surface area contributed by atoms with Gasteiger partial charge in [0.1, 0.15) is 6.07 Å². The first-order valence-electron chi connectivity index (χ1n) is 7.34. The number of aromatic nitrogens is 3. The van der Waals surface area contributed by atoms with Crippen LogP contribution >= 0.6 is 0 Å². The Bertz CT molecular complexity index is 704. The van der Waals surface area contributed by atoms with E-state index in [0.717, 1.165) is 24.2 Å². The zero-order chi connectivity index (χ0) is 13.5. The van der Waals surface area contributed by atoms with Crippen molar-refractivity contribution in [3.63, 3.8) is 0 Å². The SMILES string of the molecule is N#Cc1cc2c(nc1-n1ccc(C3CC3)n1)CCCC2. The van der Waals surface area contributed by atoms with Crippen molar-refractivity contribution in [2.45, 2.75) is 44.4 Å². The van der Waals surface area contributed by atoms with E-state index in [4.69, 9.17) is 4.98 Å². The second kappa shape index (κ2) is 4.45. The third-order valence-electron chi connectivity index (χ3n) is 4.22. The van der Waals surface area contributed by atoms with Gasteiger partial charge >= 0.3 is 0 Å². The number of fused-ring (bicyclic) bond motifs is 1. The fraction of sp³-hybridized carbons (Fsp3) is 0.438. The van der Waals surface area contributed by atoms with Crippen molar-refractivity contribution >= 4 is 0 Å². The highest BCUT2D eigenvalue weighted by Crippen LogP contribution is 2.39. The number of hydrogen-bond acceptors (Lipinski definition) is 3. The first kappa shape index (κ1) is 11.7. The Labute approximate surface area is 118 Å². The molecule has 2 aliphatic carbocycles. The minimum Gasteiger partial charge on any atom is -0.232 e. The second-order valence-electron chi connectivity index (χ2n) is 5.74. The highest BCUT2D eigenvalue weighted by molar-refractivity contribution is 5.47. The second-order valence-corrected chi connectivity index (χ2v) is 5.74. The van der Waals surface area contributed by atoms with Gasteiger partial charge in [0.15, 0.2) is 5.82 Å². The molecule has 0 radical (unpaired) electrons. The zero-order valence-electron chi connectivity index (χ0n) is 11.3. The van der Waals surface area contributed by atoms with Crippen LogP contribution in [0.2, 0.25) is 0 Å². The molecule has 2 aliphatic rings. The predicted molar refractivity (Wildman–Crippen MR) is 74.7 cm³/mol. The summed E-state index contributed by atoms with van der Waals surface area (Å²) >= 11 is 0. The minimum atomic E-state index is 0.624. The normalized spacial score (nSPS) is 17.6. The molecule has 0 aliphatic heterocycles. The largest absolute Gasteiger partial charge is 0.232 e. The molecule has 100 valence electrons. The maximum atomic E-state index is 9.38. The molecule has 2 aromatic rings. The van der Waals surface area contributed by atoms with Crippen LogP contribution in [0.5, 0.6) is 0 Å².